The molecule has 5 nitrogen and oxygen atoms in total. The Morgan fingerprint density at radius 2 is 1.61 bits per heavy atom. The molecule has 23 heavy (non-hydrogen) atoms. The lowest BCUT2D eigenvalue weighted by molar-refractivity contribution is 0.902. The zero-order chi connectivity index (χ0) is 16.4. The first kappa shape index (κ1) is 15.4. The Hall–Kier alpha value is -2.50. The number of halogens is 1. The third-order valence-electron chi connectivity index (χ3n) is 2.85. The molecular weight excluding hydrogens is 350 g/mol. The summed E-state index contributed by atoms with van der Waals surface area (Å²) in [5.74, 6) is 0. The number of aromatic nitrogens is 2. The van der Waals surface area contributed by atoms with Gasteiger partial charge < -0.3 is 0 Å². The third kappa shape index (κ3) is 2.88. The number of thioether (sulfide) groups is 2. The molecule has 0 saturated carbocycles. The van der Waals surface area contributed by atoms with Crippen molar-refractivity contribution in [2.75, 3.05) is 0 Å². The Labute approximate surface area is 145 Å². The summed E-state index contributed by atoms with van der Waals surface area (Å²) in [5, 5.41) is 29.1. The summed E-state index contributed by atoms with van der Waals surface area (Å²) in [4.78, 5) is 8.29. The molecule has 3 rings (SSSR count). The van der Waals surface area contributed by atoms with Gasteiger partial charge in [0.05, 0.1) is 9.81 Å². The third-order valence-corrected chi connectivity index (χ3v) is 5.45. The molecule has 2 aromatic rings. The number of rotatable bonds is 1. The Kier molecular flexibility index (Phi) is 4.23. The van der Waals surface area contributed by atoms with Crippen molar-refractivity contribution < 1.29 is 0 Å². The van der Waals surface area contributed by atoms with E-state index in [0.29, 0.717) is 30.4 Å². The molecule has 0 N–H and O–H groups in total. The van der Waals surface area contributed by atoms with Gasteiger partial charge in [-0.25, -0.2) is 9.97 Å². The summed E-state index contributed by atoms with van der Waals surface area (Å²) in [7, 11) is 0. The Bertz CT molecular complexity index is 934. The van der Waals surface area contributed by atoms with Crippen LogP contribution in [0.25, 0.3) is 5.57 Å². The van der Waals surface area contributed by atoms with E-state index in [1.165, 1.54) is 23.5 Å². The van der Waals surface area contributed by atoms with Crippen LogP contribution in [0.3, 0.4) is 0 Å². The molecule has 1 aromatic heterocycles. The Balaban J connectivity index is 2.09. The molecule has 0 saturated heterocycles. The fourth-order valence-electron chi connectivity index (χ4n) is 1.86. The van der Waals surface area contributed by atoms with E-state index in [1.54, 1.807) is 24.3 Å². The lowest BCUT2D eigenvalue weighted by Gasteiger charge is -2.02. The lowest BCUT2D eigenvalue weighted by atomic mass is 10.1. The standard InChI is InChI=1S/C15H4ClN5S2/c16-9-3-1-2-8(4-9)10(5-17)15-22-13-14(23-15)21-12(7-19)11(6-18)20-13/h1-4H. The second-order valence-electron chi connectivity index (χ2n) is 4.24. The summed E-state index contributed by atoms with van der Waals surface area (Å²) in [5.41, 5.74) is 1.13. The molecule has 108 valence electrons. The number of hydrogen-bond acceptors (Lipinski definition) is 7. The maximum atomic E-state index is 9.49. The molecule has 1 aromatic carbocycles. The van der Waals surface area contributed by atoms with Crippen LogP contribution in [0.1, 0.15) is 17.0 Å². The van der Waals surface area contributed by atoms with Crippen molar-refractivity contribution in [3.8, 4) is 18.2 Å². The number of allylic oxidation sites excluding steroid dienone is 1. The van der Waals surface area contributed by atoms with Gasteiger partial charge >= 0.3 is 0 Å². The highest BCUT2D eigenvalue weighted by Gasteiger charge is 2.26. The largest absolute Gasteiger partial charge is 0.224 e. The van der Waals surface area contributed by atoms with Crippen molar-refractivity contribution >= 4 is 40.7 Å². The smallest absolute Gasteiger partial charge is 0.178 e. The van der Waals surface area contributed by atoms with Crippen molar-refractivity contribution in [1.82, 2.24) is 9.97 Å². The van der Waals surface area contributed by atoms with E-state index in [9.17, 15) is 5.26 Å². The zero-order valence-electron chi connectivity index (χ0n) is 11.2. The van der Waals surface area contributed by atoms with Crippen LogP contribution < -0.4 is 0 Å². The van der Waals surface area contributed by atoms with E-state index in [2.05, 4.69) is 16.0 Å². The molecule has 2 heterocycles. The van der Waals surface area contributed by atoms with Gasteiger partial charge in [-0.1, -0.05) is 47.3 Å². The monoisotopic (exact) mass is 353 g/mol. The second kappa shape index (κ2) is 6.32. The molecule has 0 atom stereocenters. The second-order valence-corrected chi connectivity index (χ2v) is 6.94. The van der Waals surface area contributed by atoms with Gasteiger partial charge in [0, 0.05) is 5.02 Å². The molecule has 0 radical (unpaired) electrons. The SMILES string of the molecule is N#CC(=C1Sc2nc(C#N)c(C#N)nc2S1)c1cccc(Cl)c1. The van der Waals surface area contributed by atoms with Crippen LogP contribution >= 0.6 is 35.1 Å². The first-order valence-corrected chi connectivity index (χ1v) is 8.15. The minimum atomic E-state index is -0.0122. The highest BCUT2D eigenvalue weighted by molar-refractivity contribution is 8.24. The molecule has 0 unspecified atom stereocenters. The molecule has 1 aliphatic rings. The molecule has 1 aliphatic heterocycles. The number of benzene rings is 1. The summed E-state index contributed by atoms with van der Waals surface area (Å²) in [6.45, 7) is 0. The predicted octanol–water partition coefficient (Wildman–Crippen LogP) is 3.96. The van der Waals surface area contributed by atoms with E-state index >= 15 is 0 Å². The average Bonchev–Trinajstić information content (AvgIpc) is 2.96. The molecule has 0 spiro atoms. The van der Waals surface area contributed by atoms with Crippen LogP contribution in [0.4, 0.5) is 0 Å². The topological polar surface area (TPSA) is 97.1 Å². The summed E-state index contributed by atoms with van der Waals surface area (Å²) in [6.07, 6.45) is 0. The number of hydrogen-bond donors (Lipinski definition) is 0. The molecule has 0 aliphatic carbocycles. The van der Waals surface area contributed by atoms with Crippen molar-refractivity contribution in [2.45, 2.75) is 10.1 Å². The first-order chi connectivity index (χ1) is 11.2. The Morgan fingerprint density at radius 1 is 1.00 bits per heavy atom. The fourth-order valence-corrected chi connectivity index (χ4v) is 4.37. The minimum absolute atomic E-state index is 0.0122. The van der Waals surface area contributed by atoms with Crippen LogP contribution in [0, 0.1) is 34.0 Å². The van der Waals surface area contributed by atoms with Crippen molar-refractivity contribution in [2.24, 2.45) is 0 Å². The molecule has 8 heteroatoms. The van der Waals surface area contributed by atoms with Gasteiger partial charge in [0.1, 0.15) is 28.3 Å². The maximum Gasteiger partial charge on any atom is 0.178 e. The van der Waals surface area contributed by atoms with Gasteiger partial charge in [0.2, 0.25) is 0 Å². The average molecular weight is 354 g/mol. The minimum Gasteiger partial charge on any atom is -0.224 e. The van der Waals surface area contributed by atoms with E-state index in [4.69, 9.17) is 22.1 Å². The van der Waals surface area contributed by atoms with Crippen LogP contribution in [-0.2, 0) is 0 Å². The van der Waals surface area contributed by atoms with Crippen molar-refractivity contribution in [1.29, 1.82) is 15.8 Å². The normalized spacial score (nSPS) is 12.0. The molecule has 0 bridgehead atoms. The number of nitrogens with zero attached hydrogens (tertiary/aromatic N) is 5. The predicted molar refractivity (Wildman–Crippen MR) is 87.2 cm³/mol. The van der Waals surface area contributed by atoms with Gasteiger partial charge in [-0.2, -0.15) is 15.8 Å². The van der Waals surface area contributed by atoms with Crippen LogP contribution in [-0.4, -0.2) is 9.97 Å². The first-order valence-electron chi connectivity index (χ1n) is 6.14. The van der Waals surface area contributed by atoms with E-state index in [1.807, 2.05) is 12.1 Å². The quantitative estimate of drug-likeness (QED) is 0.715. The van der Waals surface area contributed by atoms with Crippen LogP contribution in [0.5, 0.6) is 0 Å². The molecule has 0 amide bonds. The van der Waals surface area contributed by atoms with Gasteiger partial charge in [-0.3, -0.25) is 0 Å². The van der Waals surface area contributed by atoms with Crippen molar-refractivity contribution in [3.63, 3.8) is 0 Å². The van der Waals surface area contributed by atoms with E-state index < -0.39 is 0 Å². The van der Waals surface area contributed by atoms with Gasteiger partial charge in [0.15, 0.2) is 11.4 Å². The molecule has 0 fully saturated rings. The highest BCUT2D eigenvalue weighted by Crippen LogP contribution is 2.52. The van der Waals surface area contributed by atoms with E-state index in [-0.39, 0.29) is 11.4 Å². The Morgan fingerprint density at radius 3 is 2.09 bits per heavy atom. The van der Waals surface area contributed by atoms with Crippen LogP contribution in [0.2, 0.25) is 5.02 Å². The van der Waals surface area contributed by atoms with Gasteiger partial charge in [-0.05, 0) is 17.7 Å². The highest BCUT2D eigenvalue weighted by atomic mass is 35.5. The van der Waals surface area contributed by atoms with Crippen molar-refractivity contribution in [3.05, 3.63) is 50.5 Å². The number of fused-ring (bicyclic) bond motifs is 1. The molecular formula is C15H4ClN5S2. The van der Waals surface area contributed by atoms with Gasteiger partial charge in [0.25, 0.3) is 0 Å². The van der Waals surface area contributed by atoms with Gasteiger partial charge in [-0.15, -0.1) is 0 Å². The van der Waals surface area contributed by atoms with E-state index in [0.717, 1.165) is 0 Å². The fraction of sp³-hybridized carbons (Fsp3) is 0. The maximum absolute atomic E-state index is 9.49. The summed E-state index contributed by atoms with van der Waals surface area (Å²) < 4.78 is 0.698. The van der Waals surface area contributed by atoms with Crippen LogP contribution in [0.15, 0.2) is 38.6 Å². The zero-order valence-corrected chi connectivity index (χ0v) is 13.6. The summed E-state index contributed by atoms with van der Waals surface area (Å²) >= 11 is 8.50. The number of nitriles is 3. The summed E-state index contributed by atoms with van der Waals surface area (Å²) in [6, 6.07) is 12.9. The lowest BCUT2D eigenvalue weighted by Crippen LogP contribution is -1.96.